The third kappa shape index (κ3) is 1.41. The van der Waals surface area contributed by atoms with E-state index in [1.54, 1.807) is 7.11 Å². The van der Waals surface area contributed by atoms with Crippen molar-refractivity contribution in [1.82, 2.24) is 0 Å². The van der Waals surface area contributed by atoms with Crippen molar-refractivity contribution in [2.75, 3.05) is 19.0 Å². The third-order valence-electron chi connectivity index (χ3n) is 3.39. The number of thioether (sulfide) groups is 1. The molecule has 0 unspecified atom stereocenters. The van der Waals surface area contributed by atoms with E-state index in [0.717, 1.165) is 12.3 Å². The maximum Gasteiger partial charge on any atom is 0.143 e. The monoisotopic (exact) mass is 221 g/mol. The molecule has 15 heavy (non-hydrogen) atoms. The molecule has 1 aromatic rings. The van der Waals surface area contributed by atoms with Crippen LogP contribution in [0.2, 0.25) is 0 Å². The summed E-state index contributed by atoms with van der Waals surface area (Å²) in [5.41, 5.74) is 1.18. The van der Waals surface area contributed by atoms with Gasteiger partial charge in [-0.05, 0) is 25.0 Å². The Bertz CT molecular complexity index is 387. The Hall–Kier alpha value is -0.830. The molecule has 3 rings (SSSR count). The lowest BCUT2D eigenvalue weighted by Crippen LogP contribution is -2.42. The molecule has 1 spiro atoms. The Morgan fingerprint density at radius 1 is 1.40 bits per heavy atom. The van der Waals surface area contributed by atoms with Crippen LogP contribution >= 0.6 is 11.8 Å². The summed E-state index contributed by atoms with van der Waals surface area (Å²) in [6, 6.07) is 6.28. The van der Waals surface area contributed by atoms with Crippen LogP contribution in [0.1, 0.15) is 19.3 Å². The second-order valence-electron chi connectivity index (χ2n) is 4.33. The van der Waals surface area contributed by atoms with Crippen LogP contribution in [0.4, 0.5) is 5.69 Å². The zero-order valence-corrected chi connectivity index (χ0v) is 9.69. The minimum atomic E-state index is 0.485. The Morgan fingerprint density at radius 3 is 2.93 bits per heavy atom. The molecule has 1 heterocycles. The molecule has 0 bridgehead atoms. The lowest BCUT2D eigenvalue weighted by Gasteiger charge is -2.45. The van der Waals surface area contributed by atoms with Gasteiger partial charge in [-0.2, -0.15) is 0 Å². The van der Waals surface area contributed by atoms with E-state index < -0.39 is 0 Å². The van der Waals surface area contributed by atoms with E-state index in [0.29, 0.717) is 4.75 Å². The van der Waals surface area contributed by atoms with Crippen LogP contribution in [0.5, 0.6) is 5.75 Å². The van der Waals surface area contributed by atoms with Crippen molar-refractivity contribution >= 4 is 17.4 Å². The molecular weight excluding hydrogens is 206 g/mol. The highest BCUT2D eigenvalue weighted by Gasteiger charge is 2.41. The molecule has 0 atom stereocenters. The van der Waals surface area contributed by atoms with Crippen molar-refractivity contribution in [3.63, 3.8) is 0 Å². The number of benzene rings is 1. The van der Waals surface area contributed by atoms with Crippen LogP contribution in [0, 0.1) is 0 Å². The summed E-state index contributed by atoms with van der Waals surface area (Å²) in [5, 5.41) is 3.53. The third-order valence-corrected chi connectivity index (χ3v) is 4.93. The topological polar surface area (TPSA) is 21.3 Å². The highest BCUT2D eigenvalue weighted by molar-refractivity contribution is 8.01. The minimum Gasteiger partial charge on any atom is -0.495 e. The molecule has 1 N–H and O–H groups in total. The molecule has 1 aliphatic heterocycles. The quantitative estimate of drug-likeness (QED) is 0.787. The first-order valence-electron chi connectivity index (χ1n) is 5.43. The van der Waals surface area contributed by atoms with Crippen molar-refractivity contribution in [3.8, 4) is 5.75 Å². The summed E-state index contributed by atoms with van der Waals surface area (Å²) in [5.74, 6) is 0.967. The molecule has 0 radical (unpaired) electrons. The Morgan fingerprint density at radius 2 is 2.27 bits per heavy atom. The van der Waals surface area contributed by atoms with E-state index in [9.17, 15) is 0 Å². The van der Waals surface area contributed by atoms with Crippen LogP contribution in [0.3, 0.4) is 0 Å². The molecule has 3 heteroatoms. The summed E-state index contributed by atoms with van der Waals surface area (Å²) in [6.07, 6.45) is 4.08. The van der Waals surface area contributed by atoms with Gasteiger partial charge in [-0.15, -0.1) is 11.8 Å². The highest BCUT2D eigenvalue weighted by atomic mass is 32.2. The number of nitrogens with one attached hydrogen (secondary N) is 1. The minimum absolute atomic E-state index is 0.485. The van der Waals surface area contributed by atoms with Crippen molar-refractivity contribution in [2.24, 2.45) is 0 Å². The molecule has 1 fully saturated rings. The number of methoxy groups -OCH3 is 1. The van der Waals surface area contributed by atoms with Crippen molar-refractivity contribution in [2.45, 2.75) is 28.9 Å². The summed E-state index contributed by atoms with van der Waals surface area (Å²) in [4.78, 5) is 1.35. The Labute approximate surface area is 94.4 Å². The second-order valence-corrected chi connectivity index (χ2v) is 5.84. The van der Waals surface area contributed by atoms with Crippen LogP contribution in [0.25, 0.3) is 0 Å². The van der Waals surface area contributed by atoms with E-state index in [2.05, 4.69) is 17.4 Å². The lowest BCUT2D eigenvalue weighted by atomic mass is 9.84. The normalized spacial score (nSPS) is 21.4. The molecule has 0 saturated heterocycles. The number of hydrogen-bond donors (Lipinski definition) is 1. The maximum absolute atomic E-state index is 5.36. The smallest absolute Gasteiger partial charge is 0.143 e. The van der Waals surface area contributed by atoms with Gasteiger partial charge >= 0.3 is 0 Å². The molecule has 2 nitrogen and oxygen atoms in total. The fourth-order valence-corrected chi connectivity index (χ4v) is 3.83. The lowest BCUT2D eigenvalue weighted by molar-refractivity contribution is 0.373. The van der Waals surface area contributed by atoms with Gasteiger partial charge in [-0.3, -0.25) is 0 Å². The van der Waals surface area contributed by atoms with Gasteiger partial charge in [0.15, 0.2) is 0 Å². The van der Waals surface area contributed by atoms with Gasteiger partial charge < -0.3 is 10.1 Å². The SMILES string of the molecule is COc1cccc2c1NCC1(CCC1)S2. The van der Waals surface area contributed by atoms with Crippen molar-refractivity contribution in [3.05, 3.63) is 18.2 Å². The molecule has 1 saturated carbocycles. The summed E-state index contributed by atoms with van der Waals surface area (Å²) < 4.78 is 5.84. The molecule has 1 aromatic carbocycles. The Kier molecular flexibility index (Phi) is 2.09. The predicted molar refractivity (Wildman–Crippen MR) is 63.9 cm³/mol. The summed E-state index contributed by atoms with van der Waals surface area (Å²) >= 11 is 2.03. The van der Waals surface area contributed by atoms with Gasteiger partial charge in [0.05, 0.1) is 12.8 Å². The van der Waals surface area contributed by atoms with E-state index in [4.69, 9.17) is 4.74 Å². The van der Waals surface area contributed by atoms with Crippen LogP contribution in [0.15, 0.2) is 23.1 Å². The first-order valence-corrected chi connectivity index (χ1v) is 6.25. The number of anilines is 1. The van der Waals surface area contributed by atoms with Crippen molar-refractivity contribution in [1.29, 1.82) is 0 Å². The zero-order valence-electron chi connectivity index (χ0n) is 8.88. The molecular formula is C12H15NOS. The summed E-state index contributed by atoms with van der Waals surface area (Å²) in [7, 11) is 1.73. The largest absolute Gasteiger partial charge is 0.495 e. The van der Waals surface area contributed by atoms with E-state index in [-0.39, 0.29) is 0 Å². The number of para-hydroxylation sites is 1. The van der Waals surface area contributed by atoms with E-state index in [1.807, 2.05) is 17.8 Å². The molecule has 1 aliphatic carbocycles. The molecule has 80 valence electrons. The fourth-order valence-electron chi connectivity index (χ4n) is 2.31. The van der Waals surface area contributed by atoms with Gasteiger partial charge in [0.1, 0.15) is 5.75 Å². The van der Waals surface area contributed by atoms with Crippen molar-refractivity contribution < 1.29 is 4.74 Å². The van der Waals surface area contributed by atoms with Gasteiger partial charge in [0.2, 0.25) is 0 Å². The molecule has 0 aromatic heterocycles. The maximum atomic E-state index is 5.36. The number of rotatable bonds is 1. The van der Waals surface area contributed by atoms with Crippen LogP contribution in [-0.4, -0.2) is 18.4 Å². The average molecular weight is 221 g/mol. The number of fused-ring (bicyclic) bond motifs is 1. The van der Waals surface area contributed by atoms with Gasteiger partial charge in [0, 0.05) is 16.2 Å². The average Bonchev–Trinajstić information content (AvgIpc) is 2.25. The van der Waals surface area contributed by atoms with Gasteiger partial charge in [-0.25, -0.2) is 0 Å². The summed E-state index contributed by atoms with van der Waals surface area (Å²) in [6.45, 7) is 1.09. The first kappa shape index (κ1) is 9.40. The highest BCUT2D eigenvalue weighted by Crippen LogP contribution is 2.53. The number of ether oxygens (including phenoxy) is 1. The molecule has 2 aliphatic rings. The predicted octanol–water partition coefficient (Wildman–Crippen LogP) is 3.14. The fraction of sp³-hybridized carbons (Fsp3) is 0.500. The van der Waals surface area contributed by atoms with Gasteiger partial charge in [-0.1, -0.05) is 12.5 Å². The zero-order chi connectivity index (χ0) is 10.3. The Balaban J connectivity index is 1.96. The molecule has 0 amide bonds. The standard InChI is InChI=1S/C12H15NOS/c1-14-9-4-2-5-10-11(9)13-8-12(15-10)6-3-7-12/h2,4-5,13H,3,6-8H2,1H3. The van der Waals surface area contributed by atoms with Crippen LogP contribution in [-0.2, 0) is 0 Å². The van der Waals surface area contributed by atoms with Crippen LogP contribution < -0.4 is 10.1 Å². The second kappa shape index (κ2) is 3.34. The van der Waals surface area contributed by atoms with Gasteiger partial charge in [0.25, 0.3) is 0 Å². The number of hydrogen-bond acceptors (Lipinski definition) is 3. The first-order chi connectivity index (χ1) is 7.33. The van der Waals surface area contributed by atoms with E-state index in [1.165, 1.54) is 29.8 Å². The van der Waals surface area contributed by atoms with E-state index >= 15 is 0 Å².